The molecule has 5 heteroatoms. The lowest BCUT2D eigenvalue weighted by Gasteiger charge is -2.12. The summed E-state index contributed by atoms with van der Waals surface area (Å²) in [6.45, 7) is 1.17. The molecule has 0 N–H and O–H groups in total. The number of rotatable bonds is 6. The topological polar surface area (TPSA) is 46.3 Å². The van der Waals surface area contributed by atoms with Gasteiger partial charge in [0, 0.05) is 22.1 Å². The van der Waals surface area contributed by atoms with Gasteiger partial charge < -0.3 is 9.21 Å². The van der Waals surface area contributed by atoms with Crippen LogP contribution in [0.5, 0.6) is 0 Å². The third-order valence-corrected chi connectivity index (χ3v) is 4.21. The normalized spacial score (nSPS) is 11.0. The Kier molecular flexibility index (Phi) is 5.23. The van der Waals surface area contributed by atoms with Crippen molar-refractivity contribution in [3.8, 4) is 22.7 Å². The van der Waals surface area contributed by atoms with E-state index in [0.717, 1.165) is 39.7 Å². The Bertz CT molecular complexity index is 810. The van der Waals surface area contributed by atoms with Crippen LogP contribution in [0.2, 0.25) is 0 Å². The van der Waals surface area contributed by atoms with Crippen LogP contribution in [0.1, 0.15) is 5.56 Å². The number of carbonyl (C=O) groups excluding carboxylic acids is 1. The van der Waals surface area contributed by atoms with E-state index >= 15 is 0 Å². The standard InChI is InChI=1S/C19H17BrN2O2/c1-22(10-11-23)12-14-2-4-15(5-3-14)18-13-24-19(21-18)16-6-8-17(20)9-7-16/h2-9,11,13H,10,12H2,1H3. The van der Waals surface area contributed by atoms with E-state index in [-0.39, 0.29) is 0 Å². The number of benzene rings is 2. The largest absolute Gasteiger partial charge is 0.444 e. The molecule has 3 aromatic rings. The molecule has 0 unspecified atom stereocenters. The lowest BCUT2D eigenvalue weighted by Crippen LogP contribution is -2.19. The molecule has 0 radical (unpaired) electrons. The molecule has 1 heterocycles. The van der Waals surface area contributed by atoms with Gasteiger partial charge in [-0.3, -0.25) is 4.90 Å². The number of hydrogen-bond acceptors (Lipinski definition) is 4. The Balaban J connectivity index is 1.75. The zero-order valence-electron chi connectivity index (χ0n) is 13.3. The number of oxazole rings is 1. The van der Waals surface area contributed by atoms with Crippen LogP contribution in [-0.2, 0) is 11.3 Å². The highest BCUT2D eigenvalue weighted by Gasteiger charge is 2.09. The van der Waals surface area contributed by atoms with Crippen LogP contribution in [-0.4, -0.2) is 29.8 Å². The Morgan fingerprint density at radius 3 is 2.42 bits per heavy atom. The maximum atomic E-state index is 10.5. The summed E-state index contributed by atoms with van der Waals surface area (Å²) < 4.78 is 6.62. The van der Waals surface area contributed by atoms with Crippen molar-refractivity contribution in [2.75, 3.05) is 13.6 Å². The molecule has 0 atom stereocenters. The number of hydrogen-bond donors (Lipinski definition) is 0. The first-order valence-electron chi connectivity index (χ1n) is 7.58. The molecule has 0 aliphatic heterocycles. The molecule has 0 saturated carbocycles. The molecule has 24 heavy (non-hydrogen) atoms. The average molecular weight is 385 g/mol. The van der Waals surface area contributed by atoms with Crippen molar-refractivity contribution in [3.05, 3.63) is 64.8 Å². The molecule has 0 aliphatic carbocycles. The monoisotopic (exact) mass is 384 g/mol. The zero-order chi connectivity index (χ0) is 16.9. The van der Waals surface area contributed by atoms with Crippen molar-refractivity contribution in [1.82, 2.24) is 9.88 Å². The number of carbonyl (C=O) groups is 1. The van der Waals surface area contributed by atoms with Crippen molar-refractivity contribution in [1.29, 1.82) is 0 Å². The summed E-state index contributed by atoms with van der Waals surface area (Å²) in [6, 6.07) is 16.0. The molecule has 122 valence electrons. The first-order chi connectivity index (χ1) is 11.7. The fraction of sp³-hybridized carbons (Fsp3) is 0.158. The highest BCUT2D eigenvalue weighted by atomic mass is 79.9. The van der Waals surface area contributed by atoms with E-state index in [4.69, 9.17) is 4.42 Å². The van der Waals surface area contributed by atoms with E-state index < -0.39 is 0 Å². The van der Waals surface area contributed by atoms with Gasteiger partial charge in [0.2, 0.25) is 5.89 Å². The van der Waals surface area contributed by atoms with Crippen molar-refractivity contribution >= 4 is 22.2 Å². The molecule has 0 amide bonds. The Morgan fingerprint density at radius 1 is 1.08 bits per heavy atom. The molecular formula is C19H17BrN2O2. The van der Waals surface area contributed by atoms with Crippen LogP contribution in [0.4, 0.5) is 0 Å². The van der Waals surface area contributed by atoms with Crippen molar-refractivity contribution in [2.24, 2.45) is 0 Å². The van der Waals surface area contributed by atoms with E-state index in [1.807, 2.05) is 60.5 Å². The molecule has 4 nitrogen and oxygen atoms in total. The van der Waals surface area contributed by atoms with E-state index in [2.05, 4.69) is 20.9 Å². The SMILES string of the molecule is CN(CC=O)Cc1ccc(-c2coc(-c3ccc(Br)cc3)n2)cc1. The molecule has 0 spiro atoms. The van der Waals surface area contributed by atoms with Gasteiger partial charge in [-0.1, -0.05) is 40.2 Å². The van der Waals surface area contributed by atoms with Crippen LogP contribution in [0.25, 0.3) is 22.7 Å². The molecule has 3 rings (SSSR count). The summed E-state index contributed by atoms with van der Waals surface area (Å²) in [5.74, 6) is 0.604. The minimum absolute atomic E-state index is 0.432. The van der Waals surface area contributed by atoms with Gasteiger partial charge in [-0.05, 0) is 36.9 Å². The third kappa shape index (κ3) is 3.99. The van der Waals surface area contributed by atoms with Gasteiger partial charge >= 0.3 is 0 Å². The third-order valence-electron chi connectivity index (χ3n) is 3.68. The Morgan fingerprint density at radius 2 is 1.75 bits per heavy atom. The summed E-state index contributed by atoms with van der Waals surface area (Å²) in [5, 5.41) is 0. The first kappa shape index (κ1) is 16.6. The van der Waals surface area contributed by atoms with Crippen molar-refractivity contribution in [3.63, 3.8) is 0 Å². The smallest absolute Gasteiger partial charge is 0.226 e. The fourth-order valence-electron chi connectivity index (χ4n) is 2.42. The fourth-order valence-corrected chi connectivity index (χ4v) is 2.68. The number of halogens is 1. The molecule has 1 aromatic heterocycles. The predicted octanol–water partition coefficient (Wildman–Crippen LogP) is 4.40. The summed E-state index contributed by atoms with van der Waals surface area (Å²) >= 11 is 3.42. The number of nitrogens with zero attached hydrogens (tertiary/aromatic N) is 2. The van der Waals surface area contributed by atoms with E-state index in [0.29, 0.717) is 12.4 Å². The lowest BCUT2D eigenvalue weighted by atomic mass is 10.1. The first-order valence-corrected chi connectivity index (χ1v) is 8.38. The molecule has 0 fully saturated rings. The van der Waals surface area contributed by atoms with Crippen LogP contribution in [0.3, 0.4) is 0 Å². The molecule has 2 aromatic carbocycles. The van der Waals surface area contributed by atoms with E-state index in [9.17, 15) is 4.79 Å². The van der Waals surface area contributed by atoms with Gasteiger partial charge in [0.1, 0.15) is 18.2 Å². The number of aldehydes is 1. The molecule has 0 aliphatic rings. The number of aromatic nitrogens is 1. The Hall–Kier alpha value is -2.24. The average Bonchev–Trinajstić information content (AvgIpc) is 3.06. The maximum Gasteiger partial charge on any atom is 0.226 e. The molecular weight excluding hydrogens is 368 g/mol. The van der Waals surface area contributed by atoms with Gasteiger partial charge in [0.25, 0.3) is 0 Å². The highest BCUT2D eigenvalue weighted by Crippen LogP contribution is 2.26. The van der Waals surface area contributed by atoms with E-state index in [1.165, 1.54) is 0 Å². The van der Waals surface area contributed by atoms with E-state index in [1.54, 1.807) is 6.26 Å². The van der Waals surface area contributed by atoms with Crippen molar-refractivity contribution in [2.45, 2.75) is 6.54 Å². The zero-order valence-corrected chi connectivity index (χ0v) is 14.9. The van der Waals surface area contributed by atoms with Crippen LogP contribution < -0.4 is 0 Å². The predicted molar refractivity (Wildman–Crippen MR) is 97.5 cm³/mol. The minimum atomic E-state index is 0.432. The molecule has 0 saturated heterocycles. The van der Waals surface area contributed by atoms with Crippen LogP contribution in [0.15, 0.2) is 63.7 Å². The van der Waals surface area contributed by atoms with Crippen LogP contribution >= 0.6 is 15.9 Å². The summed E-state index contributed by atoms with van der Waals surface area (Å²) in [7, 11) is 1.92. The minimum Gasteiger partial charge on any atom is -0.444 e. The summed E-state index contributed by atoms with van der Waals surface area (Å²) in [4.78, 5) is 17.0. The van der Waals surface area contributed by atoms with Crippen LogP contribution in [0, 0.1) is 0 Å². The maximum absolute atomic E-state index is 10.5. The highest BCUT2D eigenvalue weighted by molar-refractivity contribution is 9.10. The number of likely N-dealkylation sites (N-methyl/N-ethyl adjacent to an activating group) is 1. The quantitative estimate of drug-likeness (QED) is 0.590. The van der Waals surface area contributed by atoms with Crippen molar-refractivity contribution < 1.29 is 9.21 Å². The summed E-state index contributed by atoms with van der Waals surface area (Å²) in [5.41, 5.74) is 3.90. The second-order valence-electron chi connectivity index (χ2n) is 5.61. The summed E-state index contributed by atoms with van der Waals surface area (Å²) in [6.07, 6.45) is 2.58. The van der Waals surface area contributed by atoms with Gasteiger partial charge in [-0.2, -0.15) is 0 Å². The lowest BCUT2D eigenvalue weighted by molar-refractivity contribution is -0.108. The van der Waals surface area contributed by atoms with Gasteiger partial charge in [-0.15, -0.1) is 0 Å². The Labute approximate surface area is 149 Å². The van der Waals surface area contributed by atoms with Gasteiger partial charge in [-0.25, -0.2) is 4.98 Å². The van der Waals surface area contributed by atoms with Gasteiger partial charge in [0.15, 0.2) is 0 Å². The van der Waals surface area contributed by atoms with Gasteiger partial charge in [0.05, 0.1) is 6.54 Å². The molecule has 0 bridgehead atoms. The second-order valence-corrected chi connectivity index (χ2v) is 6.52. The second kappa shape index (κ2) is 7.55.